The van der Waals surface area contributed by atoms with Gasteiger partial charge in [0.25, 0.3) is 0 Å². The van der Waals surface area contributed by atoms with E-state index in [1.54, 1.807) is 0 Å². The SMILES string of the molecule is N#C[C@H](O)c1ccccc1C1CCCCC1. The molecule has 2 rings (SSSR count). The van der Waals surface area contributed by atoms with Crippen molar-refractivity contribution in [2.75, 3.05) is 0 Å². The normalized spacial score (nSPS) is 19.0. The van der Waals surface area contributed by atoms with Gasteiger partial charge in [-0.2, -0.15) is 5.26 Å². The van der Waals surface area contributed by atoms with Crippen molar-refractivity contribution >= 4 is 0 Å². The summed E-state index contributed by atoms with van der Waals surface area (Å²) in [7, 11) is 0. The number of hydrogen-bond donors (Lipinski definition) is 1. The number of benzene rings is 1. The lowest BCUT2D eigenvalue weighted by molar-refractivity contribution is 0.233. The van der Waals surface area contributed by atoms with Crippen molar-refractivity contribution in [1.82, 2.24) is 0 Å². The summed E-state index contributed by atoms with van der Waals surface area (Å²) in [6.45, 7) is 0. The molecule has 1 aliphatic rings. The Bertz CT molecular complexity index is 388. The van der Waals surface area contributed by atoms with Crippen molar-refractivity contribution in [2.45, 2.75) is 44.1 Å². The Balaban J connectivity index is 2.28. The lowest BCUT2D eigenvalue weighted by Gasteiger charge is -2.24. The number of rotatable bonds is 2. The van der Waals surface area contributed by atoms with Gasteiger partial charge >= 0.3 is 0 Å². The summed E-state index contributed by atoms with van der Waals surface area (Å²) in [5.74, 6) is 0.535. The van der Waals surface area contributed by atoms with Gasteiger partial charge in [-0.1, -0.05) is 43.5 Å². The lowest BCUT2D eigenvalue weighted by Crippen LogP contribution is -2.09. The maximum absolute atomic E-state index is 9.68. The summed E-state index contributed by atoms with van der Waals surface area (Å²) < 4.78 is 0. The van der Waals surface area contributed by atoms with Gasteiger partial charge in [0.15, 0.2) is 6.10 Å². The molecular formula is C14H17NO. The number of nitrogens with zero attached hydrogens (tertiary/aromatic N) is 1. The molecule has 1 atom stereocenters. The summed E-state index contributed by atoms with van der Waals surface area (Å²) in [6.07, 6.45) is 5.26. The molecule has 0 radical (unpaired) electrons. The van der Waals surface area contributed by atoms with Gasteiger partial charge in [0.2, 0.25) is 0 Å². The highest BCUT2D eigenvalue weighted by Gasteiger charge is 2.20. The number of hydrogen-bond acceptors (Lipinski definition) is 2. The predicted octanol–water partition coefficient (Wildman–Crippen LogP) is 3.29. The van der Waals surface area contributed by atoms with Crippen LogP contribution in [0.1, 0.15) is 55.3 Å². The molecule has 1 fully saturated rings. The van der Waals surface area contributed by atoms with Gasteiger partial charge < -0.3 is 5.11 Å². The van der Waals surface area contributed by atoms with Crippen LogP contribution in [0.4, 0.5) is 0 Å². The van der Waals surface area contributed by atoms with Crippen molar-refractivity contribution in [2.24, 2.45) is 0 Å². The van der Waals surface area contributed by atoms with Crippen LogP contribution in [0.15, 0.2) is 24.3 Å². The highest BCUT2D eigenvalue weighted by molar-refractivity contribution is 5.34. The van der Waals surface area contributed by atoms with Crippen LogP contribution in [0.2, 0.25) is 0 Å². The fraction of sp³-hybridized carbons (Fsp3) is 0.500. The smallest absolute Gasteiger partial charge is 0.166 e. The maximum Gasteiger partial charge on any atom is 0.166 e. The van der Waals surface area contributed by atoms with Crippen LogP contribution in [0, 0.1) is 11.3 Å². The number of aliphatic hydroxyl groups excluding tert-OH is 1. The van der Waals surface area contributed by atoms with E-state index in [0.717, 1.165) is 5.56 Å². The first-order chi connectivity index (χ1) is 7.83. The first-order valence-electron chi connectivity index (χ1n) is 5.99. The Hall–Kier alpha value is -1.33. The second-order valence-electron chi connectivity index (χ2n) is 4.50. The molecule has 0 heterocycles. The Labute approximate surface area is 96.5 Å². The van der Waals surface area contributed by atoms with Gasteiger partial charge in [-0.25, -0.2) is 0 Å². The second-order valence-corrected chi connectivity index (χ2v) is 4.50. The van der Waals surface area contributed by atoms with Crippen LogP contribution < -0.4 is 0 Å². The quantitative estimate of drug-likeness (QED) is 0.769. The van der Waals surface area contributed by atoms with Crippen LogP contribution in [0.25, 0.3) is 0 Å². The molecule has 0 aliphatic heterocycles. The molecule has 16 heavy (non-hydrogen) atoms. The van der Waals surface area contributed by atoms with Crippen LogP contribution in [0.5, 0.6) is 0 Å². The predicted molar refractivity (Wildman–Crippen MR) is 62.8 cm³/mol. The van der Waals surface area contributed by atoms with Crippen LogP contribution in [0.3, 0.4) is 0 Å². The van der Waals surface area contributed by atoms with E-state index in [1.165, 1.54) is 37.7 Å². The van der Waals surface area contributed by atoms with Crippen LogP contribution in [-0.4, -0.2) is 5.11 Å². The number of nitriles is 1. The molecule has 84 valence electrons. The molecule has 1 saturated carbocycles. The molecule has 0 bridgehead atoms. The standard InChI is InChI=1S/C14H17NO/c15-10-14(16)13-9-5-4-8-12(13)11-6-2-1-3-7-11/h4-5,8-9,11,14,16H,1-3,6-7H2/t14-/m0/s1. The van der Waals surface area contributed by atoms with E-state index in [-0.39, 0.29) is 0 Å². The van der Waals surface area contributed by atoms with E-state index in [2.05, 4.69) is 6.07 Å². The van der Waals surface area contributed by atoms with Crippen molar-refractivity contribution in [3.05, 3.63) is 35.4 Å². The molecule has 0 spiro atoms. The second kappa shape index (κ2) is 5.14. The molecule has 2 heteroatoms. The largest absolute Gasteiger partial charge is 0.374 e. The minimum Gasteiger partial charge on any atom is -0.374 e. The Kier molecular flexibility index (Phi) is 3.58. The molecule has 0 saturated heterocycles. The van der Waals surface area contributed by atoms with Crippen molar-refractivity contribution in [3.63, 3.8) is 0 Å². The Morgan fingerprint density at radius 2 is 1.88 bits per heavy atom. The van der Waals surface area contributed by atoms with Crippen molar-refractivity contribution in [3.8, 4) is 6.07 Å². The third-order valence-corrected chi connectivity index (χ3v) is 3.46. The summed E-state index contributed by atoms with van der Waals surface area (Å²) in [5.41, 5.74) is 1.98. The summed E-state index contributed by atoms with van der Waals surface area (Å²) in [5, 5.41) is 18.5. The third kappa shape index (κ3) is 2.25. The zero-order chi connectivity index (χ0) is 11.4. The Morgan fingerprint density at radius 3 is 2.56 bits per heavy atom. The monoisotopic (exact) mass is 215 g/mol. The van der Waals surface area contributed by atoms with E-state index in [1.807, 2.05) is 24.3 Å². The Morgan fingerprint density at radius 1 is 1.19 bits per heavy atom. The molecule has 1 N–H and O–H groups in total. The minimum absolute atomic E-state index is 0.535. The maximum atomic E-state index is 9.68. The number of aliphatic hydroxyl groups is 1. The first kappa shape index (κ1) is 11.2. The molecule has 1 aromatic carbocycles. The van der Waals surface area contributed by atoms with Crippen LogP contribution >= 0.6 is 0 Å². The van der Waals surface area contributed by atoms with Gasteiger partial charge in [-0.05, 0) is 29.9 Å². The molecule has 1 aliphatic carbocycles. The zero-order valence-corrected chi connectivity index (χ0v) is 9.39. The fourth-order valence-corrected chi connectivity index (χ4v) is 2.61. The molecule has 0 aromatic heterocycles. The fourth-order valence-electron chi connectivity index (χ4n) is 2.61. The van der Waals surface area contributed by atoms with E-state index in [9.17, 15) is 5.11 Å². The zero-order valence-electron chi connectivity index (χ0n) is 9.39. The summed E-state index contributed by atoms with van der Waals surface area (Å²) in [4.78, 5) is 0. The topological polar surface area (TPSA) is 44.0 Å². The first-order valence-corrected chi connectivity index (χ1v) is 5.99. The van der Waals surface area contributed by atoms with Gasteiger partial charge in [0.1, 0.15) is 0 Å². The highest BCUT2D eigenvalue weighted by atomic mass is 16.3. The lowest BCUT2D eigenvalue weighted by atomic mass is 9.81. The van der Waals surface area contributed by atoms with Gasteiger partial charge in [-0.3, -0.25) is 0 Å². The molecule has 2 nitrogen and oxygen atoms in total. The molecule has 1 aromatic rings. The van der Waals surface area contributed by atoms with E-state index >= 15 is 0 Å². The van der Waals surface area contributed by atoms with Crippen LogP contribution in [-0.2, 0) is 0 Å². The van der Waals surface area contributed by atoms with Gasteiger partial charge in [0.05, 0.1) is 6.07 Å². The summed E-state index contributed by atoms with van der Waals surface area (Å²) >= 11 is 0. The average Bonchev–Trinajstić information content (AvgIpc) is 2.39. The van der Waals surface area contributed by atoms with E-state index in [4.69, 9.17) is 5.26 Å². The van der Waals surface area contributed by atoms with Crippen molar-refractivity contribution in [1.29, 1.82) is 5.26 Å². The van der Waals surface area contributed by atoms with Crippen molar-refractivity contribution < 1.29 is 5.11 Å². The summed E-state index contributed by atoms with van der Waals surface area (Å²) in [6, 6.07) is 9.74. The highest BCUT2D eigenvalue weighted by Crippen LogP contribution is 2.35. The average molecular weight is 215 g/mol. The third-order valence-electron chi connectivity index (χ3n) is 3.46. The van der Waals surface area contributed by atoms with E-state index < -0.39 is 6.10 Å². The minimum atomic E-state index is -0.974. The molecule has 0 amide bonds. The molecular weight excluding hydrogens is 198 g/mol. The van der Waals surface area contributed by atoms with E-state index in [0.29, 0.717) is 5.92 Å². The van der Waals surface area contributed by atoms with Gasteiger partial charge in [0, 0.05) is 0 Å². The molecule has 0 unspecified atom stereocenters. The van der Waals surface area contributed by atoms with Gasteiger partial charge in [-0.15, -0.1) is 0 Å².